The Bertz CT molecular complexity index is 1390. The molecule has 1 aliphatic rings. The molecule has 4 rings (SSSR count). The molecule has 4 heteroatoms. The molecule has 0 aliphatic carbocycles. The zero-order valence-corrected chi connectivity index (χ0v) is 21.3. The molecule has 2 heterocycles. The summed E-state index contributed by atoms with van der Waals surface area (Å²) in [5, 5.41) is 0. The molecular formula is C30H34N4. The predicted octanol–water partition coefficient (Wildman–Crippen LogP) is 6.12. The Labute approximate surface area is 203 Å². The van der Waals surface area contributed by atoms with Gasteiger partial charge in [0.25, 0.3) is 0 Å². The number of H-pyrrole nitrogens is 1. The van der Waals surface area contributed by atoms with Crippen LogP contribution in [0.3, 0.4) is 0 Å². The van der Waals surface area contributed by atoms with Gasteiger partial charge < -0.3 is 10.7 Å². The van der Waals surface area contributed by atoms with Crippen molar-refractivity contribution in [2.45, 2.75) is 66.8 Å². The SMILES string of the molecule is C[C@H](c1nc2ccc(C#CC#Cc3ccc4c(c3)CC([C@@H](N)C(C)(C)C)=N4)cc2[nH]1)C(C)(C)C. The molecule has 0 bridgehead atoms. The highest BCUT2D eigenvalue weighted by molar-refractivity contribution is 5.98. The smallest absolute Gasteiger partial charge is 0.110 e. The summed E-state index contributed by atoms with van der Waals surface area (Å²) in [6.45, 7) is 15.3. The molecule has 3 aromatic rings. The van der Waals surface area contributed by atoms with Crippen LogP contribution in [0.4, 0.5) is 5.69 Å². The van der Waals surface area contributed by atoms with E-state index in [9.17, 15) is 0 Å². The van der Waals surface area contributed by atoms with Gasteiger partial charge in [0.05, 0.1) is 16.7 Å². The molecule has 0 saturated carbocycles. The first kappa shape index (κ1) is 23.8. The quantitative estimate of drug-likeness (QED) is 0.462. The van der Waals surface area contributed by atoms with Crippen LogP contribution >= 0.6 is 0 Å². The third kappa shape index (κ3) is 5.09. The van der Waals surface area contributed by atoms with Crippen LogP contribution in [0.25, 0.3) is 11.0 Å². The first-order valence-electron chi connectivity index (χ1n) is 11.9. The maximum Gasteiger partial charge on any atom is 0.110 e. The number of aromatic amines is 1. The number of hydrogen-bond acceptors (Lipinski definition) is 3. The van der Waals surface area contributed by atoms with E-state index < -0.39 is 0 Å². The van der Waals surface area contributed by atoms with Crippen molar-refractivity contribution in [2.75, 3.05) is 0 Å². The molecule has 0 fully saturated rings. The van der Waals surface area contributed by atoms with Crippen LogP contribution in [0, 0.1) is 34.5 Å². The Morgan fingerprint density at radius 2 is 1.56 bits per heavy atom. The van der Waals surface area contributed by atoms with Gasteiger partial charge in [0.15, 0.2) is 0 Å². The number of hydrogen-bond donors (Lipinski definition) is 2. The van der Waals surface area contributed by atoms with Gasteiger partial charge in [-0.25, -0.2) is 4.98 Å². The number of nitrogens with two attached hydrogens (primary N) is 1. The van der Waals surface area contributed by atoms with Crippen LogP contribution in [0.15, 0.2) is 41.4 Å². The van der Waals surface area contributed by atoms with Crippen molar-refractivity contribution in [2.24, 2.45) is 21.6 Å². The normalized spacial score (nSPS) is 15.0. The van der Waals surface area contributed by atoms with E-state index in [4.69, 9.17) is 15.7 Å². The van der Waals surface area contributed by atoms with E-state index in [0.29, 0.717) is 5.92 Å². The monoisotopic (exact) mass is 450 g/mol. The van der Waals surface area contributed by atoms with Crippen LogP contribution in [0.2, 0.25) is 0 Å². The van der Waals surface area contributed by atoms with Crippen molar-refractivity contribution in [1.29, 1.82) is 0 Å². The van der Waals surface area contributed by atoms with Crippen molar-refractivity contribution in [3.8, 4) is 23.7 Å². The highest BCUT2D eigenvalue weighted by Crippen LogP contribution is 2.34. The molecule has 0 saturated heterocycles. The third-order valence-corrected chi connectivity index (χ3v) is 6.69. The number of fused-ring (bicyclic) bond motifs is 2. The molecule has 3 N–H and O–H groups in total. The molecule has 1 aromatic heterocycles. The van der Waals surface area contributed by atoms with Crippen molar-refractivity contribution < 1.29 is 0 Å². The minimum Gasteiger partial charge on any atom is -0.342 e. The Hall–Kier alpha value is -3.34. The van der Waals surface area contributed by atoms with Crippen molar-refractivity contribution in [3.05, 3.63) is 58.9 Å². The van der Waals surface area contributed by atoms with E-state index in [1.165, 1.54) is 5.56 Å². The van der Waals surface area contributed by atoms with E-state index >= 15 is 0 Å². The van der Waals surface area contributed by atoms with Gasteiger partial charge in [-0.05, 0) is 64.6 Å². The van der Waals surface area contributed by atoms with Gasteiger partial charge in [-0.15, -0.1) is 0 Å². The Kier molecular flexibility index (Phi) is 6.15. The lowest BCUT2D eigenvalue weighted by Crippen LogP contribution is -2.42. The Balaban J connectivity index is 1.47. The average molecular weight is 451 g/mol. The zero-order valence-electron chi connectivity index (χ0n) is 21.3. The van der Waals surface area contributed by atoms with Gasteiger partial charge in [0.1, 0.15) is 5.82 Å². The van der Waals surface area contributed by atoms with Crippen molar-refractivity contribution in [1.82, 2.24) is 9.97 Å². The van der Waals surface area contributed by atoms with E-state index in [1.807, 2.05) is 30.3 Å². The van der Waals surface area contributed by atoms with Gasteiger partial charge in [0, 0.05) is 35.2 Å². The lowest BCUT2D eigenvalue weighted by atomic mass is 9.82. The summed E-state index contributed by atoms with van der Waals surface area (Å²) in [7, 11) is 0. The van der Waals surface area contributed by atoms with Gasteiger partial charge in [-0.3, -0.25) is 4.99 Å². The van der Waals surface area contributed by atoms with Gasteiger partial charge in [0.2, 0.25) is 0 Å². The first-order chi connectivity index (χ1) is 15.9. The molecule has 174 valence electrons. The standard InChI is InChI=1S/C30H34N4/c1-19(29(2,3)4)28-33-24-15-13-21(17-25(24)34-28)11-9-8-10-20-12-14-23-22(16-20)18-26(32-23)27(31)30(5,6)7/h12-17,19,27H,18,31H2,1-7H3,(H,33,34)/t19-,27-/m1/s1. The molecule has 0 radical (unpaired) electrons. The molecule has 34 heavy (non-hydrogen) atoms. The minimum absolute atomic E-state index is 0.00922. The summed E-state index contributed by atoms with van der Waals surface area (Å²) in [4.78, 5) is 13.0. The van der Waals surface area contributed by atoms with E-state index in [2.05, 4.69) is 83.2 Å². The van der Waals surface area contributed by atoms with Gasteiger partial charge >= 0.3 is 0 Å². The second-order valence-electron chi connectivity index (χ2n) is 11.4. The zero-order chi connectivity index (χ0) is 24.7. The predicted molar refractivity (Wildman–Crippen MR) is 142 cm³/mol. The summed E-state index contributed by atoms with van der Waals surface area (Å²) in [6.07, 6.45) is 0.787. The maximum atomic E-state index is 6.41. The molecule has 2 atom stereocenters. The topological polar surface area (TPSA) is 67.1 Å². The lowest BCUT2D eigenvalue weighted by Gasteiger charge is -2.27. The second-order valence-corrected chi connectivity index (χ2v) is 11.4. The molecule has 2 aromatic carbocycles. The molecule has 1 aliphatic heterocycles. The summed E-state index contributed by atoms with van der Waals surface area (Å²) in [5.74, 6) is 13.6. The second kappa shape index (κ2) is 8.79. The highest BCUT2D eigenvalue weighted by Gasteiger charge is 2.29. The number of imidazole rings is 1. The van der Waals surface area contributed by atoms with E-state index in [0.717, 1.165) is 45.8 Å². The molecular weight excluding hydrogens is 416 g/mol. The number of rotatable bonds is 2. The van der Waals surface area contributed by atoms with Crippen molar-refractivity contribution in [3.63, 3.8) is 0 Å². The first-order valence-corrected chi connectivity index (χ1v) is 11.9. The Morgan fingerprint density at radius 3 is 2.21 bits per heavy atom. The number of benzene rings is 2. The van der Waals surface area contributed by atoms with E-state index in [1.54, 1.807) is 0 Å². The van der Waals surface area contributed by atoms with Crippen molar-refractivity contribution >= 4 is 22.4 Å². The van der Waals surface area contributed by atoms with Crippen LogP contribution in [0.5, 0.6) is 0 Å². The molecule has 4 nitrogen and oxygen atoms in total. The minimum atomic E-state index is -0.0553. The lowest BCUT2D eigenvalue weighted by molar-refractivity contribution is 0.330. The summed E-state index contributed by atoms with van der Waals surface area (Å²) in [6, 6.07) is 12.1. The number of aromatic nitrogens is 2. The Morgan fingerprint density at radius 1 is 0.912 bits per heavy atom. The molecule has 0 amide bonds. The number of aliphatic imine (C=N–C) groups is 1. The fourth-order valence-corrected chi connectivity index (χ4v) is 3.91. The van der Waals surface area contributed by atoms with Crippen LogP contribution in [-0.4, -0.2) is 21.7 Å². The highest BCUT2D eigenvalue weighted by atomic mass is 14.9. The van der Waals surface area contributed by atoms with Gasteiger partial charge in [-0.2, -0.15) is 0 Å². The average Bonchev–Trinajstić information content (AvgIpc) is 3.37. The maximum absolute atomic E-state index is 6.41. The van der Waals surface area contributed by atoms with E-state index in [-0.39, 0.29) is 16.9 Å². The number of nitrogens with zero attached hydrogens (tertiary/aromatic N) is 2. The van der Waals surface area contributed by atoms with Crippen LogP contribution in [-0.2, 0) is 6.42 Å². The van der Waals surface area contributed by atoms with Gasteiger partial charge in [-0.1, -0.05) is 60.3 Å². The largest absolute Gasteiger partial charge is 0.342 e. The third-order valence-electron chi connectivity index (χ3n) is 6.69. The summed E-state index contributed by atoms with van der Waals surface area (Å²) >= 11 is 0. The molecule has 0 spiro atoms. The van der Waals surface area contributed by atoms with Crippen LogP contribution < -0.4 is 5.73 Å². The number of nitrogens with one attached hydrogen (secondary N) is 1. The fourth-order valence-electron chi connectivity index (χ4n) is 3.91. The summed E-state index contributed by atoms with van der Waals surface area (Å²) < 4.78 is 0. The van der Waals surface area contributed by atoms with Crippen LogP contribution in [0.1, 0.15) is 76.9 Å². The molecule has 0 unspecified atom stereocenters. The fraction of sp³-hybridized carbons (Fsp3) is 0.400. The summed E-state index contributed by atoms with van der Waals surface area (Å²) in [5.41, 5.74) is 13.6.